The summed E-state index contributed by atoms with van der Waals surface area (Å²) in [5, 5.41) is 4.36. The minimum absolute atomic E-state index is 0.278. The number of methoxy groups -OCH3 is 1. The molecule has 5 heteroatoms. The van der Waals surface area contributed by atoms with Gasteiger partial charge in [-0.15, -0.1) is 0 Å². The normalized spacial score (nSPS) is 17.0. The van der Waals surface area contributed by atoms with E-state index in [1.54, 1.807) is 7.11 Å². The number of carbonyl (C=O) groups is 1. The average molecular weight is 341 g/mol. The Morgan fingerprint density at radius 1 is 1.32 bits per heavy atom. The predicted octanol–water partition coefficient (Wildman–Crippen LogP) is 3.21. The topological polar surface area (TPSA) is 47.4 Å². The smallest absolute Gasteiger partial charge is 0.222 e. The minimum Gasteiger partial charge on any atom is -0.497 e. The molecule has 2 heterocycles. The maximum atomic E-state index is 12.6. The highest BCUT2D eigenvalue weighted by Crippen LogP contribution is 2.21. The molecule has 0 spiro atoms. The first-order valence-electron chi connectivity index (χ1n) is 9.07. The second-order valence-corrected chi connectivity index (χ2v) is 6.82. The van der Waals surface area contributed by atoms with E-state index in [2.05, 4.69) is 22.1 Å². The Kier molecular flexibility index (Phi) is 5.74. The van der Waals surface area contributed by atoms with Crippen molar-refractivity contribution in [3.63, 3.8) is 0 Å². The SMILES string of the molecule is COc1ccc(CCCC(=O)N2CCCC2Cn2cc(C)cn2)cc1. The van der Waals surface area contributed by atoms with Crippen LogP contribution in [0.4, 0.5) is 0 Å². The van der Waals surface area contributed by atoms with Gasteiger partial charge in [0.25, 0.3) is 0 Å². The number of aryl methyl sites for hydroxylation is 2. The van der Waals surface area contributed by atoms with Crippen LogP contribution in [0.5, 0.6) is 5.75 Å². The molecule has 1 aromatic heterocycles. The van der Waals surface area contributed by atoms with E-state index in [0.717, 1.165) is 50.1 Å². The molecule has 0 saturated carbocycles. The molecule has 1 aliphatic heterocycles. The number of hydrogen-bond acceptors (Lipinski definition) is 3. The van der Waals surface area contributed by atoms with Crippen molar-refractivity contribution in [3.05, 3.63) is 47.8 Å². The van der Waals surface area contributed by atoms with Gasteiger partial charge in [-0.2, -0.15) is 5.10 Å². The molecule has 1 atom stereocenters. The molecule has 2 aromatic rings. The average Bonchev–Trinajstić information content (AvgIpc) is 3.25. The lowest BCUT2D eigenvalue weighted by molar-refractivity contribution is -0.132. The highest BCUT2D eigenvalue weighted by atomic mass is 16.5. The molecule has 3 rings (SSSR count). The van der Waals surface area contributed by atoms with Gasteiger partial charge in [0.05, 0.1) is 25.9 Å². The molecule has 0 radical (unpaired) electrons. The standard InChI is InChI=1S/C20H27N3O2/c1-16-13-21-22(14-16)15-18-6-4-12-23(18)20(24)7-3-5-17-8-10-19(25-2)11-9-17/h8-11,13-14,18H,3-7,12,15H2,1-2H3. The number of amides is 1. The number of hydrogen-bond donors (Lipinski definition) is 0. The number of aromatic nitrogens is 2. The molecule has 1 fully saturated rings. The third kappa shape index (κ3) is 4.62. The molecule has 5 nitrogen and oxygen atoms in total. The summed E-state index contributed by atoms with van der Waals surface area (Å²) in [7, 11) is 1.67. The molecule has 0 N–H and O–H groups in total. The highest BCUT2D eigenvalue weighted by molar-refractivity contribution is 5.76. The fraction of sp³-hybridized carbons (Fsp3) is 0.500. The van der Waals surface area contributed by atoms with Gasteiger partial charge in [-0.1, -0.05) is 12.1 Å². The Bertz CT molecular complexity index is 693. The van der Waals surface area contributed by atoms with Crippen molar-refractivity contribution < 1.29 is 9.53 Å². The molecule has 1 saturated heterocycles. The summed E-state index contributed by atoms with van der Waals surface area (Å²) in [5.41, 5.74) is 2.41. The Hall–Kier alpha value is -2.30. The molecule has 0 aliphatic carbocycles. The van der Waals surface area contributed by atoms with Gasteiger partial charge in [-0.05, 0) is 55.9 Å². The predicted molar refractivity (Wildman–Crippen MR) is 97.6 cm³/mol. The Morgan fingerprint density at radius 3 is 2.80 bits per heavy atom. The van der Waals surface area contributed by atoms with E-state index in [-0.39, 0.29) is 11.9 Å². The molecule has 1 aliphatic rings. The molecule has 0 bridgehead atoms. The van der Waals surface area contributed by atoms with Gasteiger partial charge in [-0.25, -0.2) is 0 Å². The number of benzene rings is 1. The maximum Gasteiger partial charge on any atom is 0.222 e. The van der Waals surface area contributed by atoms with Crippen LogP contribution < -0.4 is 4.74 Å². The Labute approximate surface area is 149 Å². The van der Waals surface area contributed by atoms with Gasteiger partial charge >= 0.3 is 0 Å². The zero-order valence-electron chi connectivity index (χ0n) is 15.1. The highest BCUT2D eigenvalue weighted by Gasteiger charge is 2.28. The van der Waals surface area contributed by atoms with Gasteiger partial charge in [0.15, 0.2) is 0 Å². The summed E-state index contributed by atoms with van der Waals surface area (Å²) in [4.78, 5) is 14.7. The summed E-state index contributed by atoms with van der Waals surface area (Å²) in [6.07, 6.45) is 8.50. The summed E-state index contributed by atoms with van der Waals surface area (Å²) in [6.45, 7) is 3.73. The van der Waals surface area contributed by atoms with E-state index >= 15 is 0 Å². The Balaban J connectivity index is 1.47. The number of rotatable bonds is 7. The number of nitrogens with zero attached hydrogens (tertiary/aromatic N) is 3. The lowest BCUT2D eigenvalue weighted by Gasteiger charge is -2.24. The van der Waals surface area contributed by atoms with Crippen LogP contribution in [-0.4, -0.2) is 40.3 Å². The monoisotopic (exact) mass is 341 g/mol. The summed E-state index contributed by atoms with van der Waals surface area (Å²) < 4.78 is 7.13. The first-order valence-corrected chi connectivity index (χ1v) is 9.07. The zero-order chi connectivity index (χ0) is 17.6. The van der Waals surface area contributed by atoms with E-state index < -0.39 is 0 Å². The number of ether oxygens (including phenoxy) is 1. The third-order valence-electron chi connectivity index (χ3n) is 4.87. The van der Waals surface area contributed by atoms with Crippen molar-refractivity contribution in [2.75, 3.05) is 13.7 Å². The molecular weight excluding hydrogens is 314 g/mol. The van der Waals surface area contributed by atoms with Crippen molar-refractivity contribution >= 4 is 5.91 Å². The van der Waals surface area contributed by atoms with Gasteiger partial charge in [0.2, 0.25) is 5.91 Å². The fourth-order valence-electron chi connectivity index (χ4n) is 3.52. The van der Waals surface area contributed by atoms with Crippen molar-refractivity contribution in [3.8, 4) is 5.75 Å². The largest absolute Gasteiger partial charge is 0.497 e. The van der Waals surface area contributed by atoms with E-state index in [4.69, 9.17) is 4.74 Å². The van der Waals surface area contributed by atoms with E-state index in [1.807, 2.05) is 36.1 Å². The fourth-order valence-corrected chi connectivity index (χ4v) is 3.52. The van der Waals surface area contributed by atoms with Crippen LogP contribution in [0.2, 0.25) is 0 Å². The Morgan fingerprint density at radius 2 is 2.12 bits per heavy atom. The second kappa shape index (κ2) is 8.19. The second-order valence-electron chi connectivity index (χ2n) is 6.82. The molecular formula is C20H27N3O2. The molecule has 134 valence electrons. The van der Waals surface area contributed by atoms with Crippen LogP contribution in [-0.2, 0) is 17.8 Å². The van der Waals surface area contributed by atoms with E-state index in [9.17, 15) is 4.79 Å². The van der Waals surface area contributed by atoms with E-state index in [1.165, 1.54) is 5.56 Å². The zero-order valence-corrected chi connectivity index (χ0v) is 15.1. The lowest BCUT2D eigenvalue weighted by atomic mass is 10.1. The molecule has 1 amide bonds. The van der Waals surface area contributed by atoms with Gasteiger partial charge in [-0.3, -0.25) is 9.48 Å². The summed E-state index contributed by atoms with van der Waals surface area (Å²) >= 11 is 0. The van der Waals surface area contributed by atoms with Crippen LogP contribution in [0.15, 0.2) is 36.7 Å². The van der Waals surface area contributed by atoms with Crippen molar-refractivity contribution in [2.45, 2.75) is 51.6 Å². The van der Waals surface area contributed by atoms with Crippen LogP contribution in [0.1, 0.15) is 36.8 Å². The van der Waals surface area contributed by atoms with Crippen LogP contribution >= 0.6 is 0 Å². The quantitative estimate of drug-likeness (QED) is 0.777. The molecule has 25 heavy (non-hydrogen) atoms. The number of likely N-dealkylation sites (tertiary alicyclic amines) is 1. The lowest BCUT2D eigenvalue weighted by Crippen LogP contribution is -2.38. The van der Waals surface area contributed by atoms with Crippen LogP contribution in [0.25, 0.3) is 0 Å². The van der Waals surface area contributed by atoms with Gasteiger partial charge < -0.3 is 9.64 Å². The summed E-state index contributed by atoms with van der Waals surface area (Å²) in [6, 6.07) is 8.37. The molecule has 1 unspecified atom stereocenters. The first kappa shape index (κ1) is 17.5. The van der Waals surface area contributed by atoms with E-state index in [0.29, 0.717) is 6.42 Å². The molecule has 1 aromatic carbocycles. The minimum atomic E-state index is 0.278. The van der Waals surface area contributed by atoms with Gasteiger partial charge in [0, 0.05) is 19.2 Å². The number of carbonyl (C=O) groups excluding carboxylic acids is 1. The van der Waals surface area contributed by atoms with Crippen molar-refractivity contribution in [2.24, 2.45) is 0 Å². The first-order chi connectivity index (χ1) is 12.2. The third-order valence-corrected chi connectivity index (χ3v) is 4.87. The van der Waals surface area contributed by atoms with Crippen LogP contribution in [0, 0.1) is 6.92 Å². The van der Waals surface area contributed by atoms with Crippen molar-refractivity contribution in [1.29, 1.82) is 0 Å². The van der Waals surface area contributed by atoms with Crippen molar-refractivity contribution in [1.82, 2.24) is 14.7 Å². The maximum absolute atomic E-state index is 12.6. The van der Waals surface area contributed by atoms with Crippen LogP contribution in [0.3, 0.4) is 0 Å². The summed E-state index contributed by atoms with van der Waals surface area (Å²) in [5.74, 6) is 1.15. The van der Waals surface area contributed by atoms with Gasteiger partial charge in [0.1, 0.15) is 5.75 Å².